The van der Waals surface area contributed by atoms with Crippen LogP contribution in [-0.4, -0.2) is 29.3 Å². The van der Waals surface area contributed by atoms with Gasteiger partial charge < -0.3 is 10.1 Å². The molecule has 0 atom stereocenters. The summed E-state index contributed by atoms with van der Waals surface area (Å²) in [6, 6.07) is 13.2. The van der Waals surface area contributed by atoms with Crippen molar-refractivity contribution >= 4 is 16.8 Å². The van der Waals surface area contributed by atoms with Gasteiger partial charge in [0.2, 0.25) is 5.43 Å². The fraction of sp³-hybridized carbons (Fsp3) is 0.250. The number of carbonyl (C=O) groups is 1. The van der Waals surface area contributed by atoms with Gasteiger partial charge in [-0.1, -0.05) is 29.8 Å². The predicted molar refractivity (Wildman–Crippen MR) is 101 cm³/mol. The second kappa shape index (κ2) is 7.39. The predicted octanol–water partition coefficient (Wildman–Crippen LogP) is 2.22. The molecular weight excluding hydrogens is 330 g/mol. The smallest absolute Gasteiger partial charge is 0.275 e. The van der Waals surface area contributed by atoms with Gasteiger partial charge in [0.15, 0.2) is 5.69 Å². The zero-order chi connectivity index (χ0) is 18.7. The minimum atomic E-state index is -0.469. The highest BCUT2D eigenvalue weighted by Crippen LogP contribution is 2.17. The molecule has 0 spiro atoms. The summed E-state index contributed by atoms with van der Waals surface area (Å²) < 4.78 is 6.86. The van der Waals surface area contributed by atoms with Crippen LogP contribution in [0, 0.1) is 6.92 Å². The first-order chi connectivity index (χ1) is 12.5. The zero-order valence-electron chi connectivity index (χ0n) is 15.1. The second-order valence-corrected chi connectivity index (χ2v) is 6.14. The van der Waals surface area contributed by atoms with Crippen molar-refractivity contribution in [3.8, 4) is 5.75 Å². The molecule has 0 saturated heterocycles. The lowest BCUT2D eigenvalue weighted by Crippen LogP contribution is -2.33. The van der Waals surface area contributed by atoms with Crippen LogP contribution in [-0.2, 0) is 13.5 Å². The number of para-hydroxylation sites is 1. The van der Waals surface area contributed by atoms with Crippen molar-refractivity contribution in [3.05, 3.63) is 69.5 Å². The molecule has 26 heavy (non-hydrogen) atoms. The Morgan fingerprint density at radius 3 is 2.77 bits per heavy atom. The molecule has 0 fully saturated rings. The molecule has 1 N–H and O–H groups in total. The molecule has 0 radical (unpaired) electrons. The van der Waals surface area contributed by atoms with E-state index in [1.807, 2.05) is 43.3 Å². The van der Waals surface area contributed by atoms with Gasteiger partial charge in [0.25, 0.3) is 5.91 Å². The third-order valence-electron chi connectivity index (χ3n) is 4.30. The summed E-state index contributed by atoms with van der Waals surface area (Å²) in [5, 5.41) is 7.43. The van der Waals surface area contributed by atoms with Gasteiger partial charge in [-0.3, -0.25) is 14.3 Å². The number of benzene rings is 2. The number of methoxy groups -OCH3 is 1. The topological polar surface area (TPSA) is 73.2 Å². The molecule has 0 bridgehead atoms. The number of fused-ring (bicyclic) bond motifs is 1. The quantitative estimate of drug-likeness (QED) is 0.765. The summed E-state index contributed by atoms with van der Waals surface area (Å²) in [5.41, 5.74) is 2.21. The fourth-order valence-electron chi connectivity index (χ4n) is 2.94. The molecule has 3 aromatic rings. The third kappa shape index (κ3) is 3.44. The van der Waals surface area contributed by atoms with E-state index in [1.165, 1.54) is 0 Å². The molecule has 1 aromatic heterocycles. The molecule has 6 heteroatoms. The van der Waals surface area contributed by atoms with Gasteiger partial charge in [-0.25, -0.2) is 0 Å². The molecule has 0 aliphatic heterocycles. The highest BCUT2D eigenvalue weighted by Gasteiger charge is 2.16. The van der Waals surface area contributed by atoms with Crippen LogP contribution in [0.4, 0.5) is 0 Å². The molecule has 0 aliphatic rings. The van der Waals surface area contributed by atoms with Crippen LogP contribution < -0.4 is 15.5 Å². The number of nitrogens with zero attached hydrogens (tertiary/aromatic N) is 2. The van der Waals surface area contributed by atoms with E-state index in [1.54, 1.807) is 24.9 Å². The van der Waals surface area contributed by atoms with Crippen molar-refractivity contribution in [3.63, 3.8) is 0 Å². The molecule has 3 rings (SSSR count). The highest BCUT2D eigenvalue weighted by atomic mass is 16.5. The summed E-state index contributed by atoms with van der Waals surface area (Å²) in [6.07, 6.45) is 0.600. The molecule has 2 aromatic carbocycles. The van der Waals surface area contributed by atoms with E-state index in [2.05, 4.69) is 10.4 Å². The lowest BCUT2D eigenvalue weighted by atomic mass is 10.1. The molecule has 134 valence electrons. The van der Waals surface area contributed by atoms with Crippen LogP contribution in [0.5, 0.6) is 5.75 Å². The van der Waals surface area contributed by atoms with Crippen molar-refractivity contribution in [2.24, 2.45) is 7.05 Å². The van der Waals surface area contributed by atoms with E-state index in [4.69, 9.17) is 4.74 Å². The average molecular weight is 351 g/mol. The van der Waals surface area contributed by atoms with Gasteiger partial charge in [-0.05, 0) is 37.1 Å². The number of aromatic nitrogens is 2. The zero-order valence-corrected chi connectivity index (χ0v) is 15.1. The second-order valence-electron chi connectivity index (χ2n) is 6.14. The van der Waals surface area contributed by atoms with Crippen LogP contribution >= 0.6 is 0 Å². The summed E-state index contributed by atoms with van der Waals surface area (Å²) in [7, 11) is 3.34. The number of ether oxygens (including phenoxy) is 1. The number of amides is 1. The van der Waals surface area contributed by atoms with Gasteiger partial charge in [0.1, 0.15) is 5.75 Å². The van der Waals surface area contributed by atoms with Gasteiger partial charge in [-0.2, -0.15) is 5.10 Å². The molecule has 0 unspecified atom stereocenters. The van der Waals surface area contributed by atoms with E-state index in [0.29, 0.717) is 23.9 Å². The van der Waals surface area contributed by atoms with Gasteiger partial charge in [0.05, 0.1) is 18.0 Å². The first-order valence-electron chi connectivity index (χ1n) is 8.39. The molecular formula is C20H21N3O3. The maximum atomic E-state index is 12.7. The highest BCUT2D eigenvalue weighted by molar-refractivity contribution is 5.95. The minimum Gasteiger partial charge on any atom is -0.496 e. The van der Waals surface area contributed by atoms with Crippen molar-refractivity contribution in [2.75, 3.05) is 13.7 Å². The van der Waals surface area contributed by atoms with Crippen LogP contribution in [0.25, 0.3) is 10.9 Å². The normalized spacial score (nSPS) is 10.7. The van der Waals surface area contributed by atoms with Crippen LogP contribution in [0.15, 0.2) is 47.3 Å². The number of hydrogen-bond acceptors (Lipinski definition) is 4. The third-order valence-corrected chi connectivity index (χ3v) is 4.30. The number of hydrogen-bond donors (Lipinski definition) is 1. The van der Waals surface area contributed by atoms with Crippen LogP contribution in [0.1, 0.15) is 21.6 Å². The van der Waals surface area contributed by atoms with Crippen molar-refractivity contribution in [1.29, 1.82) is 0 Å². The van der Waals surface area contributed by atoms with Crippen LogP contribution in [0.2, 0.25) is 0 Å². The first kappa shape index (κ1) is 17.7. The maximum Gasteiger partial charge on any atom is 0.275 e. The summed E-state index contributed by atoms with van der Waals surface area (Å²) in [4.78, 5) is 25.1. The average Bonchev–Trinajstić information content (AvgIpc) is 2.64. The SMILES string of the molecule is COc1ccccc1CCNC(=O)c1nn(C)c2ccc(C)cc2c1=O. The van der Waals surface area contributed by atoms with Gasteiger partial charge in [0, 0.05) is 13.6 Å². The molecule has 0 aliphatic carbocycles. The number of rotatable bonds is 5. The summed E-state index contributed by atoms with van der Waals surface area (Å²) in [6.45, 7) is 2.29. The van der Waals surface area contributed by atoms with Gasteiger partial charge >= 0.3 is 0 Å². The lowest BCUT2D eigenvalue weighted by molar-refractivity contribution is 0.0946. The van der Waals surface area contributed by atoms with Crippen molar-refractivity contribution in [1.82, 2.24) is 15.1 Å². The van der Waals surface area contributed by atoms with E-state index in [9.17, 15) is 9.59 Å². The minimum absolute atomic E-state index is 0.0920. The van der Waals surface area contributed by atoms with Crippen molar-refractivity contribution < 1.29 is 9.53 Å². The number of aryl methyl sites for hydroxylation is 2. The van der Waals surface area contributed by atoms with Crippen LogP contribution in [0.3, 0.4) is 0 Å². The Morgan fingerprint density at radius 2 is 2.00 bits per heavy atom. The van der Waals surface area contributed by atoms with E-state index < -0.39 is 5.91 Å². The Bertz CT molecular complexity index is 1020. The number of nitrogens with one attached hydrogen (secondary N) is 1. The fourth-order valence-corrected chi connectivity index (χ4v) is 2.94. The summed E-state index contributed by atoms with van der Waals surface area (Å²) >= 11 is 0. The summed E-state index contributed by atoms with van der Waals surface area (Å²) in [5.74, 6) is 0.306. The van der Waals surface area contributed by atoms with Gasteiger partial charge in [-0.15, -0.1) is 0 Å². The molecule has 6 nitrogen and oxygen atoms in total. The molecule has 0 saturated carbocycles. The van der Waals surface area contributed by atoms with E-state index >= 15 is 0 Å². The Morgan fingerprint density at radius 1 is 1.23 bits per heavy atom. The number of carbonyl (C=O) groups excluding carboxylic acids is 1. The maximum absolute atomic E-state index is 12.7. The Kier molecular flexibility index (Phi) is 5.02. The Balaban J connectivity index is 1.80. The Hall–Kier alpha value is -3.15. The monoisotopic (exact) mass is 351 g/mol. The molecule has 1 amide bonds. The van der Waals surface area contributed by atoms with E-state index in [0.717, 1.165) is 16.9 Å². The van der Waals surface area contributed by atoms with Crippen molar-refractivity contribution in [2.45, 2.75) is 13.3 Å². The Labute approximate surface area is 151 Å². The first-order valence-corrected chi connectivity index (χ1v) is 8.39. The largest absolute Gasteiger partial charge is 0.496 e. The lowest BCUT2D eigenvalue weighted by Gasteiger charge is -2.10. The molecule has 1 heterocycles. The standard InChI is InChI=1S/C20H21N3O3/c1-13-8-9-16-15(12-13)19(24)18(22-23(16)2)20(25)21-11-10-14-6-4-5-7-17(14)26-3/h4-9,12H,10-11H2,1-3H3,(H,21,25). The van der Waals surface area contributed by atoms with E-state index in [-0.39, 0.29) is 11.1 Å².